The molecule has 0 aliphatic rings. The number of fused-ring (bicyclic) bond motifs is 1. The van der Waals surface area contributed by atoms with E-state index in [4.69, 9.17) is 5.73 Å². The Kier molecular flexibility index (Phi) is 3.39. The molecule has 0 atom stereocenters. The molecule has 1 heterocycles. The number of nitrogens with zero attached hydrogens (tertiary/aromatic N) is 2. The summed E-state index contributed by atoms with van der Waals surface area (Å²) in [6.45, 7) is 0. The van der Waals surface area contributed by atoms with Gasteiger partial charge in [0, 0.05) is 34.5 Å². The number of nitrogen functional groups attached to an aromatic ring is 1. The number of nitrogens with one attached hydrogen (secondary N) is 1. The summed E-state index contributed by atoms with van der Waals surface area (Å²) < 4.78 is 2.58. The maximum absolute atomic E-state index is 12.3. The number of rotatable bonds is 2. The minimum atomic E-state index is -0.233. The minimum absolute atomic E-state index is 0.233. The molecule has 0 spiro atoms. The van der Waals surface area contributed by atoms with Crippen LogP contribution < -0.4 is 11.1 Å². The summed E-state index contributed by atoms with van der Waals surface area (Å²) in [6.07, 6.45) is 1.90. The number of hydrogen-bond acceptors (Lipinski definition) is 3. The third-order valence-electron chi connectivity index (χ3n) is 3.14. The monoisotopic (exact) mass is 344 g/mol. The van der Waals surface area contributed by atoms with Crippen molar-refractivity contribution < 1.29 is 4.79 Å². The van der Waals surface area contributed by atoms with Gasteiger partial charge in [-0.15, -0.1) is 0 Å². The normalized spacial score (nSPS) is 10.8. The molecule has 3 rings (SSSR count). The molecule has 21 heavy (non-hydrogen) atoms. The maximum atomic E-state index is 12.3. The Morgan fingerprint density at radius 2 is 2.10 bits per heavy atom. The zero-order valence-corrected chi connectivity index (χ0v) is 12.9. The Labute approximate surface area is 129 Å². The first-order chi connectivity index (χ1) is 10.0. The van der Waals surface area contributed by atoms with E-state index < -0.39 is 0 Å². The van der Waals surface area contributed by atoms with Crippen LogP contribution in [0.1, 0.15) is 10.4 Å². The fraction of sp³-hybridized carbons (Fsp3) is 0.0667. The van der Waals surface area contributed by atoms with Crippen LogP contribution in [0.2, 0.25) is 0 Å². The van der Waals surface area contributed by atoms with Crippen LogP contribution in [0, 0.1) is 0 Å². The number of carbonyl (C=O) groups is 1. The van der Waals surface area contributed by atoms with E-state index in [1.807, 2.05) is 31.4 Å². The van der Waals surface area contributed by atoms with Crippen molar-refractivity contribution in [3.63, 3.8) is 0 Å². The van der Waals surface area contributed by atoms with Crippen molar-refractivity contribution in [2.45, 2.75) is 0 Å². The summed E-state index contributed by atoms with van der Waals surface area (Å²) in [5, 5.41) is 8.11. The van der Waals surface area contributed by atoms with Gasteiger partial charge in [0.05, 0.1) is 11.1 Å². The first-order valence-corrected chi connectivity index (χ1v) is 7.12. The van der Waals surface area contributed by atoms with E-state index in [0.29, 0.717) is 16.9 Å². The molecule has 0 saturated carbocycles. The topological polar surface area (TPSA) is 72.9 Å². The first kappa shape index (κ1) is 13.6. The van der Waals surface area contributed by atoms with Gasteiger partial charge in [0.15, 0.2) is 0 Å². The van der Waals surface area contributed by atoms with Gasteiger partial charge >= 0.3 is 0 Å². The highest BCUT2D eigenvalue weighted by Crippen LogP contribution is 2.21. The van der Waals surface area contributed by atoms with Gasteiger partial charge in [-0.1, -0.05) is 15.9 Å². The van der Waals surface area contributed by atoms with Gasteiger partial charge in [-0.05, 0) is 36.4 Å². The van der Waals surface area contributed by atoms with Crippen LogP contribution in [0.3, 0.4) is 0 Å². The van der Waals surface area contributed by atoms with Crippen LogP contribution in [0.5, 0.6) is 0 Å². The molecule has 0 bridgehead atoms. The number of carbonyl (C=O) groups excluding carboxylic acids is 1. The highest BCUT2D eigenvalue weighted by Gasteiger charge is 2.11. The van der Waals surface area contributed by atoms with Crippen LogP contribution in [-0.4, -0.2) is 15.7 Å². The number of nitrogens with two attached hydrogens (primary N) is 1. The second-order valence-corrected chi connectivity index (χ2v) is 5.68. The molecule has 3 N–H and O–H groups in total. The van der Waals surface area contributed by atoms with Gasteiger partial charge in [-0.2, -0.15) is 5.10 Å². The fourth-order valence-electron chi connectivity index (χ4n) is 2.17. The van der Waals surface area contributed by atoms with Crippen molar-refractivity contribution in [2.75, 3.05) is 11.1 Å². The summed E-state index contributed by atoms with van der Waals surface area (Å²) in [6, 6.07) is 10.8. The third kappa shape index (κ3) is 2.75. The average molecular weight is 345 g/mol. The van der Waals surface area contributed by atoms with Crippen molar-refractivity contribution in [1.82, 2.24) is 9.78 Å². The Balaban J connectivity index is 1.88. The number of hydrogen-bond donors (Lipinski definition) is 2. The molecule has 6 heteroatoms. The molecule has 0 unspecified atom stereocenters. The molecular formula is C15H13BrN4O. The predicted octanol–water partition coefficient (Wildman–Crippen LogP) is 3.17. The lowest BCUT2D eigenvalue weighted by Crippen LogP contribution is -2.13. The molecule has 5 nitrogen and oxygen atoms in total. The molecule has 0 fully saturated rings. The number of halogens is 1. The molecular weight excluding hydrogens is 332 g/mol. The largest absolute Gasteiger partial charge is 0.398 e. The summed E-state index contributed by atoms with van der Waals surface area (Å²) in [4.78, 5) is 12.3. The van der Waals surface area contributed by atoms with Gasteiger partial charge in [-0.25, -0.2) is 0 Å². The molecule has 0 aliphatic heterocycles. The number of anilines is 2. The van der Waals surface area contributed by atoms with Gasteiger partial charge in [0.2, 0.25) is 0 Å². The van der Waals surface area contributed by atoms with Crippen molar-refractivity contribution >= 4 is 44.1 Å². The van der Waals surface area contributed by atoms with E-state index in [-0.39, 0.29) is 5.91 Å². The van der Waals surface area contributed by atoms with Crippen molar-refractivity contribution in [3.8, 4) is 0 Å². The van der Waals surface area contributed by atoms with Gasteiger partial charge in [0.1, 0.15) is 0 Å². The second kappa shape index (κ2) is 5.21. The van der Waals surface area contributed by atoms with Crippen molar-refractivity contribution in [2.24, 2.45) is 7.05 Å². The fourth-order valence-corrected chi connectivity index (χ4v) is 2.54. The molecule has 0 saturated heterocycles. The number of aryl methyl sites for hydroxylation is 1. The Bertz CT molecular complexity index is 841. The smallest absolute Gasteiger partial charge is 0.257 e. The maximum Gasteiger partial charge on any atom is 0.257 e. The lowest BCUT2D eigenvalue weighted by atomic mass is 10.1. The SMILES string of the molecule is Cn1cc2cc(NC(=O)c3ccc(Br)cc3N)ccc2n1. The van der Waals surface area contributed by atoms with Crippen LogP contribution >= 0.6 is 15.9 Å². The molecule has 0 aliphatic carbocycles. The second-order valence-electron chi connectivity index (χ2n) is 4.76. The molecule has 1 amide bonds. The lowest BCUT2D eigenvalue weighted by Gasteiger charge is -2.08. The summed E-state index contributed by atoms with van der Waals surface area (Å²) in [5.74, 6) is -0.233. The van der Waals surface area contributed by atoms with Crippen LogP contribution in [0.15, 0.2) is 47.1 Å². The first-order valence-electron chi connectivity index (χ1n) is 6.33. The lowest BCUT2D eigenvalue weighted by molar-refractivity contribution is 0.102. The zero-order chi connectivity index (χ0) is 15.0. The summed E-state index contributed by atoms with van der Waals surface area (Å²) in [5.41, 5.74) is 8.35. The van der Waals surface area contributed by atoms with E-state index in [2.05, 4.69) is 26.3 Å². The number of amides is 1. The number of aromatic nitrogens is 2. The summed E-state index contributed by atoms with van der Waals surface area (Å²) in [7, 11) is 1.86. The number of benzene rings is 2. The van der Waals surface area contributed by atoms with Gasteiger partial charge in [-0.3, -0.25) is 9.48 Å². The summed E-state index contributed by atoms with van der Waals surface area (Å²) >= 11 is 3.32. The Morgan fingerprint density at radius 3 is 2.86 bits per heavy atom. The quantitative estimate of drug-likeness (QED) is 0.701. The highest BCUT2D eigenvalue weighted by atomic mass is 79.9. The molecule has 2 aromatic carbocycles. The van der Waals surface area contributed by atoms with Gasteiger partial charge < -0.3 is 11.1 Å². The van der Waals surface area contributed by atoms with Crippen molar-refractivity contribution in [1.29, 1.82) is 0 Å². The van der Waals surface area contributed by atoms with E-state index in [0.717, 1.165) is 15.4 Å². The molecule has 3 aromatic rings. The highest BCUT2D eigenvalue weighted by molar-refractivity contribution is 9.10. The van der Waals surface area contributed by atoms with E-state index in [9.17, 15) is 4.79 Å². The van der Waals surface area contributed by atoms with Crippen LogP contribution in [0.4, 0.5) is 11.4 Å². The van der Waals surface area contributed by atoms with Crippen molar-refractivity contribution in [3.05, 3.63) is 52.6 Å². The standard InChI is InChI=1S/C15H13BrN4O/c1-20-8-9-6-11(3-5-14(9)19-20)18-15(21)12-4-2-10(16)7-13(12)17/h2-8H,17H2,1H3,(H,18,21). The molecule has 0 radical (unpaired) electrons. The molecule has 1 aromatic heterocycles. The Hall–Kier alpha value is -2.34. The van der Waals surface area contributed by atoms with E-state index >= 15 is 0 Å². The van der Waals surface area contributed by atoms with Crippen LogP contribution in [0.25, 0.3) is 10.9 Å². The zero-order valence-electron chi connectivity index (χ0n) is 11.3. The molecule has 106 valence electrons. The minimum Gasteiger partial charge on any atom is -0.398 e. The predicted molar refractivity (Wildman–Crippen MR) is 87.2 cm³/mol. The third-order valence-corrected chi connectivity index (χ3v) is 3.63. The van der Waals surface area contributed by atoms with E-state index in [1.165, 1.54) is 0 Å². The average Bonchev–Trinajstić information content (AvgIpc) is 2.77. The Morgan fingerprint density at radius 1 is 1.29 bits per heavy atom. The van der Waals surface area contributed by atoms with E-state index in [1.54, 1.807) is 22.9 Å². The van der Waals surface area contributed by atoms with Crippen LogP contribution in [-0.2, 0) is 7.05 Å². The van der Waals surface area contributed by atoms with Gasteiger partial charge in [0.25, 0.3) is 5.91 Å².